The molecule has 3 aromatic carbocycles. The van der Waals surface area contributed by atoms with Gasteiger partial charge in [-0.2, -0.15) is 0 Å². The predicted octanol–water partition coefficient (Wildman–Crippen LogP) is 5.76. The molecule has 6 heteroatoms. The highest BCUT2D eigenvalue weighted by Crippen LogP contribution is 2.43. The molecule has 0 N–H and O–H groups in total. The van der Waals surface area contributed by atoms with E-state index < -0.39 is 0 Å². The van der Waals surface area contributed by atoms with Crippen molar-refractivity contribution >= 4 is 23.5 Å². The van der Waals surface area contributed by atoms with Crippen molar-refractivity contribution in [2.75, 3.05) is 6.73 Å². The van der Waals surface area contributed by atoms with Crippen molar-refractivity contribution in [3.63, 3.8) is 0 Å². The molecule has 156 valence electrons. The minimum absolute atomic E-state index is 0.180. The zero-order chi connectivity index (χ0) is 21.5. The number of benzene rings is 3. The van der Waals surface area contributed by atoms with E-state index in [1.807, 2.05) is 37.3 Å². The molecular formula is C25H19ClFNO3. The summed E-state index contributed by atoms with van der Waals surface area (Å²) in [5.41, 5.74) is 3.82. The van der Waals surface area contributed by atoms with Crippen LogP contribution in [-0.2, 0) is 13.1 Å². The standard InChI is InChI=1S/C25H19ClFNO3/c1-15-24-18(13-28(14-30-24)12-17-6-2-3-8-21(17)26)11-20-23(29)22(31-25(15)20)10-16-5-4-7-19(27)9-16/h2-11H,12-14H2,1H3/b22-10-. The summed E-state index contributed by atoms with van der Waals surface area (Å²) in [7, 11) is 0. The molecule has 0 aromatic heterocycles. The fourth-order valence-corrected chi connectivity index (χ4v) is 4.21. The molecule has 0 unspecified atom stereocenters. The normalized spacial score (nSPS) is 16.6. The van der Waals surface area contributed by atoms with Crippen LogP contribution in [0.25, 0.3) is 6.08 Å². The molecule has 0 amide bonds. The summed E-state index contributed by atoms with van der Waals surface area (Å²) in [5.74, 6) is 0.850. The van der Waals surface area contributed by atoms with Crippen LogP contribution in [0, 0.1) is 12.7 Å². The molecule has 0 aliphatic carbocycles. The van der Waals surface area contributed by atoms with Gasteiger partial charge in [0.15, 0.2) is 5.76 Å². The highest BCUT2D eigenvalue weighted by molar-refractivity contribution is 6.31. The third-order valence-electron chi connectivity index (χ3n) is 5.50. The number of nitrogens with zero attached hydrogens (tertiary/aromatic N) is 1. The molecule has 0 saturated carbocycles. The number of carbonyl (C=O) groups is 1. The summed E-state index contributed by atoms with van der Waals surface area (Å²) in [5, 5.41) is 0.717. The number of carbonyl (C=O) groups excluding carboxylic acids is 1. The molecule has 0 atom stereocenters. The predicted molar refractivity (Wildman–Crippen MR) is 117 cm³/mol. The number of ketones is 1. The average molecular weight is 436 g/mol. The van der Waals surface area contributed by atoms with Crippen molar-refractivity contribution in [1.29, 1.82) is 0 Å². The molecule has 31 heavy (non-hydrogen) atoms. The molecule has 0 bridgehead atoms. The van der Waals surface area contributed by atoms with Gasteiger partial charge >= 0.3 is 0 Å². The van der Waals surface area contributed by atoms with Crippen LogP contribution < -0.4 is 9.47 Å². The van der Waals surface area contributed by atoms with E-state index in [1.54, 1.807) is 18.2 Å². The Hall–Kier alpha value is -3.15. The Labute approximate surface area is 184 Å². The molecule has 0 spiro atoms. The Balaban J connectivity index is 1.43. The molecular weight excluding hydrogens is 417 g/mol. The van der Waals surface area contributed by atoms with Crippen molar-refractivity contribution < 1.29 is 18.7 Å². The van der Waals surface area contributed by atoms with Crippen LogP contribution in [-0.4, -0.2) is 17.4 Å². The maximum atomic E-state index is 13.5. The number of rotatable bonds is 3. The largest absolute Gasteiger partial charge is 0.477 e. The zero-order valence-corrected chi connectivity index (χ0v) is 17.6. The van der Waals surface area contributed by atoms with E-state index in [4.69, 9.17) is 21.1 Å². The number of hydrogen-bond donors (Lipinski definition) is 0. The Morgan fingerprint density at radius 1 is 1.13 bits per heavy atom. The lowest BCUT2D eigenvalue weighted by atomic mass is 10.00. The zero-order valence-electron chi connectivity index (χ0n) is 16.8. The minimum Gasteiger partial charge on any atom is -0.477 e. The monoisotopic (exact) mass is 435 g/mol. The molecule has 0 radical (unpaired) electrons. The summed E-state index contributed by atoms with van der Waals surface area (Å²) >= 11 is 6.30. The fourth-order valence-electron chi connectivity index (χ4n) is 4.01. The number of Topliss-reactive ketones (excluding diaryl/α,β-unsaturated/α-hetero) is 1. The first kappa shape index (κ1) is 19.8. The first-order valence-electron chi connectivity index (χ1n) is 9.94. The molecule has 5 rings (SSSR count). The lowest BCUT2D eigenvalue weighted by molar-refractivity contribution is 0.0877. The lowest BCUT2D eigenvalue weighted by Crippen LogP contribution is -2.32. The van der Waals surface area contributed by atoms with Gasteiger partial charge in [-0.15, -0.1) is 0 Å². The Kier molecular flexibility index (Phi) is 5.00. The number of halogens is 2. The van der Waals surface area contributed by atoms with Crippen molar-refractivity contribution in [1.82, 2.24) is 4.90 Å². The van der Waals surface area contributed by atoms with Gasteiger partial charge in [-0.05, 0) is 48.4 Å². The average Bonchev–Trinajstić information content (AvgIpc) is 3.06. The highest BCUT2D eigenvalue weighted by atomic mass is 35.5. The van der Waals surface area contributed by atoms with Gasteiger partial charge in [0, 0.05) is 29.2 Å². The SMILES string of the molecule is Cc1c2c(cc3c1O/C(=C\c1cccc(F)c1)C3=O)CN(Cc1ccccc1Cl)CO2. The maximum absolute atomic E-state index is 13.5. The maximum Gasteiger partial charge on any atom is 0.231 e. The second-order valence-electron chi connectivity index (χ2n) is 7.71. The summed E-state index contributed by atoms with van der Waals surface area (Å²) < 4.78 is 25.4. The highest BCUT2D eigenvalue weighted by Gasteiger charge is 2.33. The second-order valence-corrected chi connectivity index (χ2v) is 8.12. The molecule has 2 heterocycles. The summed E-state index contributed by atoms with van der Waals surface area (Å²) in [6.07, 6.45) is 1.56. The number of ether oxygens (including phenoxy) is 2. The van der Waals surface area contributed by atoms with Crippen LogP contribution in [0.2, 0.25) is 5.02 Å². The van der Waals surface area contributed by atoms with Gasteiger partial charge in [0.05, 0.1) is 5.56 Å². The summed E-state index contributed by atoms with van der Waals surface area (Å²) in [6.45, 7) is 3.58. The quantitative estimate of drug-likeness (QED) is 0.490. The Morgan fingerprint density at radius 2 is 1.97 bits per heavy atom. The van der Waals surface area contributed by atoms with E-state index in [0.717, 1.165) is 22.4 Å². The molecule has 2 aliphatic heterocycles. The topological polar surface area (TPSA) is 38.8 Å². The van der Waals surface area contributed by atoms with Crippen molar-refractivity contribution in [3.05, 3.63) is 99.0 Å². The molecule has 0 fully saturated rings. The first-order chi connectivity index (χ1) is 15.0. The van der Waals surface area contributed by atoms with Crippen LogP contribution in [0.1, 0.15) is 32.6 Å². The van der Waals surface area contributed by atoms with Gasteiger partial charge in [0.2, 0.25) is 5.78 Å². The fraction of sp³-hybridized carbons (Fsp3) is 0.160. The van der Waals surface area contributed by atoms with Crippen molar-refractivity contribution in [3.8, 4) is 11.5 Å². The van der Waals surface area contributed by atoms with Crippen LogP contribution in [0.5, 0.6) is 11.5 Å². The molecule has 2 aliphatic rings. The number of hydrogen-bond acceptors (Lipinski definition) is 4. The summed E-state index contributed by atoms with van der Waals surface area (Å²) in [4.78, 5) is 15.1. The third-order valence-corrected chi connectivity index (χ3v) is 5.87. The van der Waals surface area contributed by atoms with Crippen LogP contribution in [0.3, 0.4) is 0 Å². The van der Waals surface area contributed by atoms with E-state index in [0.29, 0.717) is 41.7 Å². The van der Waals surface area contributed by atoms with Gasteiger partial charge < -0.3 is 9.47 Å². The molecule has 0 saturated heterocycles. The van der Waals surface area contributed by atoms with E-state index in [2.05, 4.69) is 4.90 Å². The van der Waals surface area contributed by atoms with Crippen molar-refractivity contribution in [2.24, 2.45) is 0 Å². The minimum atomic E-state index is -0.365. The van der Waals surface area contributed by atoms with Crippen LogP contribution in [0.4, 0.5) is 4.39 Å². The second kappa shape index (κ2) is 7.84. The van der Waals surface area contributed by atoms with Gasteiger partial charge in [-0.3, -0.25) is 9.69 Å². The number of fused-ring (bicyclic) bond motifs is 2. The molecule has 3 aromatic rings. The third kappa shape index (κ3) is 3.71. The first-order valence-corrected chi connectivity index (χ1v) is 10.3. The summed E-state index contributed by atoms with van der Waals surface area (Å²) in [6, 6.07) is 15.6. The number of allylic oxidation sites excluding steroid dienone is 1. The van der Waals surface area contributed by atoms with E-state index in [-0.39, 0.29) is 17.4 Å². The van der Waals surface area contributed by atoms with E-state index >= 15 is 0 Å². The van der Waals surface area contributed by atoms with Gasteiger partial charge in [-0.1, -0.05) is 41.9 Å². The smallest absolute Gasteiger partial charge is 0.231 e. The Morgan fingerprint density at radius 3 is 2.77 bits per heavy atom. The van der Waals surface area contributed by atoms with Gasteiger partial charge in [-0.25, -0.2) is 4.39 Å². The lowest BCUT2D eigenvalue weighted by Gasteiger charge is -2.30. The van der Waals surface area contributed by atoms with Gasteiger partial charge in [0.25, 0.3) is 0 Å². The Bertz CT molecular complexity index is 1240. The van der Waals surface area contributed by atoms with Crippen LogP contribution in [0.15, 0.2) is 60.4 Å². The van der Waals surface area contributed by atoms with Gasteiger partial charge in [0.1, 0.15) is 24.0 Å². The molecule has 4 nitrogen and oxygen atoms in total. The van der Waals surface area contributed by atoms with Crippen molar-refractivity contribution in [2.45, 2.75) is 20.0 Å². The van der Waals surface area contributed by atoms with Crippen LogP contribution >= 0.6 is 11.6 Å². The van der Waals surface area contributed by atoms with E-state index in [9.17, 15) is 9.18 Å². The van der Waals surface area contributed by atoms with E-state index in [1.165, 1.54) is 12.1 Å².